The van der Waals surface area contributed by atoms with Crippen molar-refractivity contribution in [2.75, 3.05) is 19.5 Å². The minimum absolute atomic E-state index is 0.391. The number of benzene rings is 1. The van der Waals surface area contributed by atoms with E-state index < -0.39 is 0 Å². The van der Waals surface area contributed by atoms with Gasteiger partial charge in [-0.05, 0) is 35.7 Å². The van der Waals surface area contributed by atoms with E-state index in [2.05, 4.69) is 35.2 Å². The van der Waals surface area contributed by atoms with Gasteiger partial charge in [0.25, 0.3) is 0 Å². The van der Waals surface area contributed by atoms with Crippen LogP contribution in [-0.2, 0) is 0 Å². The average Bonchev–Trinajstić information content (AvgIpc) is 2.46. The van der Waals surface area contributed by atoms with Crippen molar-refractivity contribution in [2.45, 2.75) is 19.8 Å². The third-order valence-electron chi connectivity index (χ3n) is 3.02. The van der Waals surface area contributed by atoms with Gasteiger partial charge in [-0.1, -0.05) is 13.8 Å². The molecule has 4 nitrogen and oxygen atoms in total. The summed E-state index contributed by atoms with van der Waals surface area (Å²) in [6.45, 7) is 4.29. The van der Waals surface area contributed by atoms with Crippen LogP contribution in [-0.4, -0.2) is 24.1 Å². The van der Waals surface area contributed by atoms with Gasteiger partial charge < -0.3 is 10.1 Å². The number of aromatic nitrogens is 2. The molecule has 0 saturated heterocycles. The van der Waals surface area contributed by atoms with Crippen molar-refractivity contribution >= 4 is 5.82 Å². The van der Waals surface area contributed by atoms with Gasteiger partial charge in [-0.3, -0.25) is 0 Å². The highest BCUT2D eigenvalue weighted by atomic mass is 16.5. The predicted octanol–water partition coefficient (Wildman–Crippen LogP) is 3.32. The Bertz CT molecular complexity index is 567. The molecule has 0 unspecified atom stereocenters. The molecule has 4 heteroatoms. The number of methoxy groups -OCH3 is 1. The summed E-state index contributed by atoms with van der Waals surface area (Å²) < 4.78 is 5.39. The summed E-state index contributed by atoms with van der Waals surface area (Å²) in [6.07, 6.45) is 1.76. The number of nitrogens with zero attached hydrogens (tertiary/aromatic N) is 2. The molecule has 100 valence electrons. The van der Waals surface area contributed by atoms with Crippen LogP contribution in [0.3, 0.4) is 0 Å². The molecule has 1 aromatic carbocycles. The van der Waals surface area contributed by atoms with Crippen molar-refractivity contribution < 1.29 is 4.74 Å². The van der Waals surface area contributed by atoms with Crippen LogP contribution in [0.15, 0.2) is 30.5 Å². The molecule has 0 saturated carbocycles. The zero-order valence-corrected chi connectivity index (χ0v) is 11.8. The van der Waals surface area contributed by atoms with Gasteiger partial charge in [-0.2, -0.15) is 0 Å². The minimum atomic E-state index is 0.391. The molecule has 0 aliphatic rings. The van der Waals surface area contributed by atoms with E-state index >= 15 is 0 Å². The summed E-state index contributed by atoms with van der Waals surface area (Å²) >= 11 is 0. The molecule has 0 amide bonds. The highest BCUT2D eigenvalue weighted by Crippen LogP contribution is 2.30. The lowest BCUT2D eigenvalue weighted by atomic mass is 9.99. The molecule has 1 N–H and O–H groups in total. The fourth-order valence-electron chi connectivity index (χ4n) is 1.96. The summed E-state index contributed by atoms with van der Waals surface area (Å²) in [5.41, 5.74) is 2.17. The van der Waals surface area contributed by atoms with E-state index in [4.69, 9.17) is 4.74 Å². The lowest BCUT2D eigenvalue weighted by Gasteiger charge is -2.13. The van der Waals surface area contributed by atoms with E-state index in [-0.39, 0.29) is 0 Å². The van der Waals surface area contributed by atoms with Crippen molar-refractivity contribution in [1.82, 2.24) is 9.97 Å². The Morgan fingerprint density at radius 2 is 2.00 bits per heavy atom. The summed E-state index contributed by atoms with van der Waals surface area (Å²) in [4.78, 5) is 8.78. The monoisotopic (exact) mass is 257 g/mol. The van der Waals surface area contributed by atoms with Crippen LogP contribution in [0.5, 0.6) is 5.75 Å². The predicted molar refractivity (Wildman–Crippen MR) is 77.7 cm³/mol. The third-order valence-corrected chi connectivity index (χ3v) is 3.02. The van der Waals surface area contributed by atoms with Crippen LogP contribution in [0.2, 0.25) is 0 Å². The van der Waals surface area contributed by atoms with Crippen LogP contribution < -0.4 is 10.1 Å². The van der Waals surface area contributed by atoms with Crippen molar-refractivity contribution in [3.63, 3.8) is 0 Å². The molecule has 0 fully saturated rings. The van der Waals surface area contributed by atoms with Crippen molar-refractivity contribution in [3.05, 3.63) is 36.0 Å². The number of anilines is 1. The molecular formula is C15H19N3O. The number of nitrogens with one attached hydrogen (secondary N) is 1. The molecule has 0 radical (unpaired) electrons. The molecule has 2 aromatic rings. The molecule has 1 heterocycles. The number of ether oxygens (including phenoxy) is 1. The second kappa shape index (κ2) is 5.69. The Hall–Kier alpha value is -2.10. The molecular weight excluding hydrogens is 238 g/mol. The highest BCUT2D eigenvalue weighted by Gasteiger charge is 2.10. The van der Waals surface area contributed by atoms with E-state index in [0.717, 1.165) is 23.0 Å². The van der Waals surface area contributed by atoms with Gasteiger partial charge >= 0.3 is 0 Å². The van der Waals surface area contributed by atoms with E-state index in [1.54, 1.807) is 13.3 Å². The Morgan fingerprint density at radius 3 is 2.63 bits per heavy atom. The Kier molecular flexibility index (Phi) is 4.00. The molecule has 19 heavy (non-hydrogen) atoms. The summed E-state index contributed by atoms with van der Waals surface area (Å²) in [5, 5.41) is 3.02. The minimum Gasteiger partial charge on any atom is -0.496 e. The van der Waals surface area contributed by atoms with Crippen molar-refractivity contribution in [2.24, 2.45) is 0 Å². The summed E-state index contributed by atoms with van der Waals surface area (Å²) in [7, 11) is 3.54. The Balaban J connectivity index is 2.47. The number of rotatable bonds is 4. The smallest absolute Gasteiger partial charge is 0.161 e. The first-order chi connectivity index (χ1) is 9.15. The lowest BCUT2D eigenvalue weighted by Crippen LogP contribution is -1.98. The SMILES string of the molecule is CNc1ccnc(-c2ccc(OC)c(C(C)C)c2)n1. The molecule has 0 bridgehead atoms. The fourth-order valence-corrected chi connectivity index (χ4v) is 1.96. The largest absolute Gasteiger partial charge is 0.496 e. The Morgan fingerprint density at radius 1 is 1.21 bits per heavy atom. The van der Waals surface area contributed by atoms with Crippen LogP contribution in [0.25, 0.3) is 11.4 Å². The molecule has 1 aromatic heterocycles. The molecule has 0 atom stereocenters. The molecule has 0 aliphatic carbocycles. The van der Waals surface area contributed by atoms with E-state index in [9.17, 15) is 0 Å². The van der Waals surface area contributed by atoms with E-state index in [1.165, 1.54) is 5.56 Å². The van der Waals surface area contributed by atoms with E-state index in [1.807, 2.05) is 25.2 Å². The lowest BCUT2D eigenvalue weighted by molar-refractivity contribution is 0.407. The zero-order valence-electron chi connectivity index (χ0n) is 11.8. The van der Waals surface area contributed by atoms with Gasteiger partial charge in [0.05, 0.1) is 7.11 Å². The second-order valence-electron chi connectivity index (χ2n) is 4.63. The maximum Gasteiger partial charge on any atom is 0.161 e. The number of hydrogen-bond donors (Lipinski definition) is 1. The van der Waals surface area contributed by atoms with Crippen molar-refractivity contribution in [1.29, 1.82) is 0 Å². The van der Waals surface area contributed by atoms with Crippen LogP contribution >= 0.6 is 0 Å². The van der Waals surface area contributed by atoms with Gasteiger partial charge in [0.2, 0.25) is 0 Å². The quantitative estimate of drug-likeness (QED) is 0.912. The molecule has 0 spiro atoms. The highest BCUT2D eigenvalue weighted by molar-refractivity contribution is 5.60. The Labute approximate surface area is 113 Å². The fraction of sp³-hybridized carbons (Fsp3) is 0.333. The first kappa shape index (κ1) is 13.3. The average molecular weight is 257 g/mol. The maximum atomic E-state index is 5.39. The zero-order chi connectivity index (χ0) is 13.8. The molecule has 0 aliphatic heterocycles. The first-order valence-electron chi connectivity index (χ1n) is 6.34. The summed E-state index contributed by atoms with van der Waals surface area (Å²) in [6, 6.07) is 7.90. The van der Waals surface area contributed by atoms with Gasteiger partial charge in [0.1, 0.15) is 11.6 Å². The molecule has 2 rings (SSSR count). The number of hydrogen-bond acceptors (Lipinski definition) is 4. The van der Waals surface area contributed by atoms with Gasteiger partial charge in [-0.25, -0.2) is 9.97 Å². The maximum absolute atomic E-state index is 5.39. The van der Waals surface area contributed by atoms with Crippen molar-refractivity contribution in [3.8, 4) is 17.1 Å². The van der Waals surface area contributed by atoms with Crippen LogP contribution in [0.4, 0.5) is 5.82 Å². The topological polar surface area (TPSA) is 47.0 Å². The standard InChI is InChI=1S/C15H19N3O/c1-10(2)12-9-11(5-6-13(12)19-4)15-17-8-7-14(16-3)18-15/h5-10H,1-4H3,(H,16,17,18). The van der Waals surface area contributed by atoms with Crippen LogP contribution in [0, 0.1) is 0 Å². The normalized spacial score (nSPS) is 10.6. The van der Waals surface area contributed by atoms with Gasteiger partial charge in [0.15, 0.2) is 5.82 Å². The summed E-state index contributed by atoms with van der Waals surface area (Å²) in [5.74, 6) is 2.83. The first-order valence-corrected chi connectivity index (χ1v) is 6.34. The van der Waals surface area contributed by atoms with Gasteiger partial charge in [-0.15, -0.1) is 0 Å². The second-order valence-corrected chi connectivity index (χ2v) is 4.63. The third kappa shape index (κ3) is 2.84. The van der Waals surface area contributed by atoms with Gasteiger partial charge in [0, 0.05) is 18.8 Å². The van der Waals surface area contributed by atoms with E-state index in [0.29, 0.717) is 5.92 Å². The van der Waals surface area contributed by atoms with Crippen LogP contribution in [0.1, 0.15) is 25.3 Å².